The average Bonchev–Trinajstić information content (AvgIpc) is 3.27. The lowest BCUT2D eigenvalue weighted by Gasteiger charge is -2.28. The number of thiophene rings is 1. The predicted octanol–water partition coefficient (Wildman–Crippen LogP) is 2.08. The first kappa shape index (κ1) is 23.2. The fraction of sp³-hybridized carbons (Fsp3) is 0.636. The van der Waals surface area contributed by atoms with Crippen LogP contribution in [0.3, 0.4) is 0 Å². The van der Waals surface area contributed by atoms with Crippen LogP contribution in [0.4, 0.5) is 0 Å². The SMILES string of the molecule is CCCNC(=O)Cn1c(=O)n(CC2CCC(C(=O)NCCC)CC2)c(=O)c2sccc21. The van der Waals surface area contributed by atoms with Crippen molar-refractivity contribution >= 4 is 33.4 Å². The minimum Gasteiger partial charge on any atom is -0.356 e. The molecule has 2 heterocycles. The summed E-state index contributed by atoms with van der Waals surface area (Å²) < 4.78 is 3.19. The van der Waals surface area contributed by atoms with Gasteiger partial charge < -0.3 is 10.6 Å². The van der Waals surface area contributed by atoms with Crippen LogP contribution in [-0.4, -0.2) is 34.0 Å². The molecular weight excluding hydrogens is 416 g/mol. The summed E-state index contributed by atoms with van der Waals surface area (Å²) in [6.07, 6.45) is 4.86. The minimum absolute atomic E-state index is 0.0122. The number of hydrogen-bond donors (Lipinski definition) is 2. The highest BCUT2D eigenvalue weighted by Crippen LogP contribution is 2.29. The fourth-order valence-corrected chi connectivity index (χ4v) is 5.01. The van der Waals surface area contributed by atoms with Gasteiger partial charge in [-0.3, -0.25) is 23.5 Å². The number of rotatable bonds is 9. The first-order valence-corrected chi connectivity index (χ1v) is 12.1. The molecule has 1 fully saturated rings. The van der Waals surface area contributed by atoms with Crippen molar-refractivity contribution in [1.82, 2.24) is 19.8 Å². The number of carbonyl (C=O) groups is 2. The summed E-state index contributed by atoms with van der Waals surface area (Å²) in [6, 6.07) is 1.72. The van der Waals surface area contributed by atoms with E-state index in [0.29, 0.717) is 29.9 Å². The summed E-state index contributed by atoms with van der Waals surface area (Å²) in [5, 5.41) is 7.52. The Hall–Kier alpha value is -2.42. The summed E-state index contributed by atoms with van der Waals surface area (Å²) in [5.41, 5.74) is -0.215. The van der Waals surface area contributed by atoms with Crippen LogP contribution in [0.2, 0.25) is 0 Å². The molecule has 0 radical (unpaired) electrons. The van der Waals surface area contributed by atoms with Gasteiger partial charge in [0.05, 0.1) is 5.52 Å². The van der Waals surface area contributed by atoms with Gasteiger partial charge in [-0.2, -0.15) is 0 Å². The smallest absolute Gasteiger partial charge is 0.332 e. The number of aromatic nitrogens is 2. The van der Waals surface area contributed by atoms with Crippen LogP contribution in [0.1, 0.15) is 52.4 Å². The Kier molecular flexibility index (Phi) is 8.06. The summed E-state index contributed by atoms with van der Waals surface area (Å²) in [4.78, 5) is 50.6. The molecule has 2 amide bonds. The lowest BCUT2D eigenvalue weighted by atomic mass is 9.81. The van der Waals surface area contributed by atoms with Gasteiger partial charge in [-0.05, 0) is 55.9 Å². The molecule has 1 saturated carbocycles. The normalized spacial score (nSPS) is 18.8. The van der Waals surface area contributed by atoms with Gasteiger partial charge in [0.1, 0.15) is 11.2 Å². The predicted molar refractivity (Wildman–Crippen MR) is 122 cm³/mol. The molecule has 0 atom stereocenters. The molecule has 0 bridgehead atoms. The molecule has 2 aromatic rings. The lowest BCUT2D eigenvalue weighted by molar-refractivity contribution is -0.126. The zero-order chi connectivity index (χ0) is 22.4. The minimum atomic E-state index is -0.439. The number of carbonyl (C=O) groups excluding carboxylic acids is 2. The fourth-order valence-electron chi connectivity index (χ4n) is 4.17. The summed E-state index contributed by atoms with van der Waals surface area (Å²) in [5.74, 6) is 0.0526. The molecule has 0 aromatic carbocycles. The highest BCUT2D eigenvalue weighted by Gasteiger charge is 2.27. The van der Waals surface area contributed by atoms with Crippen molar-refractivity contribution in [2.45, 2.75) is 65.5 Å². The summed E-state index contributed by atoms with van der Waals surface area (Å²) in [7, 11) is 0. The maximum absolute atomic E-state index is 13.2. The molecule has 1 aliphatic carbocycles. The number of fused-ring (bicyclic) bond motifs is 1. The topological polar surface area (TPSA) is 102 Å². The largest absolute Gasteiger partial charge is 0.356 e. The van der Waals surface area contributed by atoms with Crippen LogP contribution in [0, 0.1) is 11.8 Å². The van der Waals surface area contributed by atoms with E-state index in [1.165, 1.54) is 20.5 Å². The monoisotopic (exact) mass is 448 g/mol. The van der Waals surface area contributed by atoms with Crippen molar-refractivity contribution in [2.75, 3.05) is 13.1 Å². The van der Waals surface area contributed by atoms with Crippen molar-refractivity contribution in [3.8, 4) is 0 Å². The first-order chi connectivity index (χ1) is 15.0. The van der Waals surface area contributed by atoms with Gasteiger partial charge >= 0.3 is 5.69 Å². The zero-order valence-electron chi connectivity index (χ0n) is 18.3. The molecule has 0 saturated heterocycles. The van der Waals surface area contributed by atoms with E-state index < -0.39 is 5.69 Å². The Morgan fingerprint density at radius 2 is 1.71 bits per heavy atom. The van der Waals surface area contributed by atoms with Gasteiger partial charge in [0.25, 0.3) is 5.56 Å². The molecule has 0 aliphatic heterocycles. The molecule has 8 nitrogen and oxygen atoms in total. The third kappa shape index (κ3) is 5.44. The van der Waals surface area contributed by atoms with E-state index in [1.807, 2.05) is 13.8 Å². The first-order valence-electron chi connectivity index (χ1n) is 11.2. The quantitative estimate of drug-likeness (QED) is 0.613. The molecular formula is C22H32N4O4S. The van der Waals surface area contributed by atoms with Crippen LogP contribution >= 0.6 is 11.3 Å². The van der Waals surface area contributed by atoms with E-state index in [1.54, 1.807) is 11.4 Å². The molecule has 3 rings (SSSR count). The van der Waals surface area contributed by atoms with Gasteiger partial charge in [0.2, 0.25) is 11.8 Å². The third-order valence-electron chi connectivity index (χ3n) is 5.92. The Balaban J connectivity index is 1.77. The van der Waals surface area contributed by atoms with Crippen LogP contribution in [0.25, 0.3) is 10.2 Å². The Labute approximate surface area is 185 Å². The molecule has 1 aliphatic rings. The van der Waals surface area contributed by atoms with Crippen LogP contribution in [0.15, 0.2) is 21.0 Å². The third-order valence-corrected chi connectivity index (χ3v) is 6.81. The molecule has 170 valence electrons. The molecule has 9 heteroatoms. The second kappa shape index (κ2) is 10.7. The van der Waals surface area contributed by atoms with Crippen molar-refractivity contribution in [3.05, 3.63) is 32.3 Å². The van der Waals surface area contributed by atoms with Gasteiger partial charge in [0, 0.05) is 25.6 Å². The number of hydrogen-bond acceptors (Lipinski definition) is 5. The Morgan fingerprint density at radius 1 is 1.03 bits per heavy atom. The molecule has 2 aromatic heterocycles. The summed E-state index contributed by atoms with van der Waals surface area (Å²) in [6.45, 7) is 5.46. The van der Waals surface area contributed by atoms with Crippen LogP contribution in [0.5, 0.6) is 0 Å². The Morgan fingerprint density at radius 3 is 2.39 bits per heavy atom. The molecule has 31 heavy (non-hydrogen) atoms. The second-order valence-electron chi connectivity index (χ2n) is 8.28. The van der Waals surface area contributed by atoms with E-state index in [-0.39, 0.29) is 35.8 Å². The highest BCUT2D eigenvalue weighted by atomic mass is 32.1. The van der Waals surface area contributed by atoms with Crippen molar-refractivity contribution in [3.63, 3.8) is 0 Å². The highest BCUT2D eigenvalue weighted by molar-refractivity contribution is 7.17. The van der Waals surface area contributed by atoms with E-state index in [4.69, 9.17) is 0 Å². The second-order valence-corrected chi connectivity index (χ2v) is 9.19. The van der Waals surface area contributed by atoms with E-state index in [9.17, 15) is 19.2 Å². The molecule has 0 unspecified atom stereocenters. The maximum atomic E-state index is 13.2. The Bertz CT molecular complexity index is 1030. The number of amides is 2. The molecule has 0 spiro atoms. The lowest BCUT2D eigenvalue weighted by Crippen LogP contribution is -2.44. The van der Waals surface area contributed by atoms with Crippen LogP contribution < -0.4 is 21.9 Å². The van der Waals surface area contributed by atoms with Crippen molar-refractivity contribution in [1.29, 1.82) is 0 Å². The number of nitrogens with zero attached hydrogens (tertiary/aromatic N) is 2. The van der Waals surface area contributed by atoms with Gasteiger partial charge in [-0.1, -0.05) is 13.8 Å². The van der Waals surface area contributed by atoms with Gasteiger partial charge in [-0.15, -0.1) is 11.3 Å². The maximum Gasteiger partial charge on any atom is 0.332 e. The van der Waals surface area contributed by atoms with Crippen molar-refractivity contribution in [2.24, 2.45) is 11.8 Å². The zero-order valence-corrected chi connectivity index (χ0v) is 19.1. The van der Waals surface area contributed by atoms with E-state index in [2.05, 4.69) is 10.6 Å². The van der Waals surface area contributed by atoms with Gasteiger partial charge in [0.15, 0.2) is 0 Å². The standard InChI is InChI=1S/C22H32N4O4S/c1-3-10-23-18(27)14-25-17-9-12-31-19(17)21(29)26(22(25)30)13-15-5-7-16(8-6-15)20(28)24-11-4-2/h9,12,15-16H,3-8,10-11,13-14H2,1-2H3,(H,23,27)(H,24,28). The van der Waals surface area contributed by atoms with E-state index in [0.717, 1.165) is 38.5 Å². The number of nitrogens with one attached hydrogen (secondary N) is 2. The van der Waals surface area contributed by atoms with Crippen LogP contribution in [-0.2, 0) is 22.7 Å². The summed E-state index contributed by atoms with van der Waals surface area (Å²) >= 11 is 1.29. The molecule has 2 N–H and O–H groups in total. The van der Waals surface area contributed by atoms with Crippen molar-refractivity contribution < 1.29 is 9.59 Å². The van der Waals surface area contributed by atoms with Gasteiger partial charge in [-0.25, -0.2) is 4.79 Å². The van der Waals surface area contributed by atoms with E-state index >= 15 is 0 Å². The average molecular weight is 449 g/mol.